The van der Waals surface area contributed by atoms with Gasteiger partial charge in [-0.3, -0.25) is 9.69 Å². The lowest BCUT2D eigenvalue weighted by Gasteiger charge is -2.34. The van der Waals surface area contributed by atoms with Crippen LogP contribution in [0.3, 0.4) is 0 Å². The minimum Gasteiger partial charge on any atom is -0.339 e. The molecular weight excluding hydrogens is 316 g/mol. The summed E-state index contributed by atoms with van der Waals surface area (Å²) in [7, 11) is 0. The van der Waals surface area contributed by atoms with Crippen LogP contribution in [0.1, 0.15) is 0 Å². The number of piperazine rings is 1. The molecule has 4 rings (SSSR count). The largest absolute Gasteiger partial charge is 0.339 e. The summed E-state index contributed by atoms with van der Waals surface area (Å²) in [5.41, 5.74) is 1.94. The standard InChI is InChI=1S/C18H22N6O/c25-18(13-24-15-20-16-3-1-2-4-17(16)24)23-11-9-21(10-12-23)7-8-22-6-5-19-14-22/h1-6,14-15H,7-13H2. The lowest BCUT2D eigenvalue weighted by molar-refractivity contribution is -0.133. The van der Waals surface area contributed by atoms with Gasteiger partial charge in [-0.2, -0.15) is 0 Å². The Hall–Kier alpha value is -2.67. The number of fused-ring (bicyclic) bond motifs is 1. The zero-order chi connectivity index (χ0) is 17.1. The van der Waals surface area contributed by atoms with Crippen molar-refractivity contribution < 1.29 is 4.79 Å². The second kappa shape index (κ2) is 7.06. The first-order valence-corrected chi connectivity index (χ1v) is 8.65. The van der Waals surface area contributed by atoms with Crippen LogP contribution in [0.15, 0.2) is 49.3 Å². The first-order valence-electron chi connectivity index (χ1n) is 8.65. The van der Waals surface area contributed by atoms with Gasteiger partial charge in [-0.25, -0.2) is 9.97 Å². The van der Waals surface area contributed by atoms with Crippen LogP contribution in [0.5, 0.6) is 0 Å². The van der Waals surface area contributed by atoms with Crippen LogP contribution in [-0.2, 0) is 17.9 Å². The van der Waals surface area contributed by atoms with Crippen LogP contribution in [-0.4, -0.2) is 67.5 Å². The Kier molecular flexibility index (Phi) is 4.47. The minimum absolute atomic E-state index is 0.164. The molecule has 0 bridgehead atoms. The summed E-state index contributed by atoms with van der Waals surface area (Å²) in [5.74, 6) is 0.164. The van der Waals surface area contributed by atoms with E-state index in [1.54, 1.807) is 12.5 Å². The summed E-state index contributed by atoms with van der Waals surface area (Å²) in [6.07, 6.45) is 7.38. The highest BCUT2D eigenvalue weighted by atomic mass is 16.2. The molecule has 1 aliphatic rings. The molecule has 0 N–H and O–H groups in total. The number of hydrogen-bond donors (Lipinski definition) is 0. The fourth-order valence-corrected chi connectivity index (χ4v) is 3.28. The van der Waals surface area contributed by atoms with Gasteiger partial charge in [0.1, 0.15) is 6.54 Å². The van der Waals surface area contributed by atoms with E-state index >= 15 is 0 Å². The summed E-state index contributed by atoms with van der Waals surface area (Å²) >= 11 is 0. The molecule has 3 heterocycles. The number of carbonyl (C=O) groups is 1. The number of aromatic nitrogens is 4. The average Bonchev–Trinajstić information content (AvgIpc) is 3.31. The molecular formula is C18H22N6O. The Morgan fingerprint density at radius 2 is 1.88 bits per heavy atom. The zero-order valence-electron chi connectivity index (χ0n) is 14.2. The molecule has 7 heteroatoms. The Morgan fingerprint density at radius 3 is 2.68 bits per heavy atom. The molecule has 0 aliphatic carbocycles. The van der Waals surface area contributed by atoms with Crippen LogP contribution < -0.4 is 0 Å². The third-order valence-electron chi connectivity index (χ3n) is 4.79. The van der Waals surface area contributed by atoms with Crippen molar-refractivity contribution in [1.29, 1.82) is 0 Å². The van der Waals surface area contributed by atoms with Crippen molar-refractivity contribution in [2.24, 2.45) is 0 Å². The van der Waals surface area contributed by atoms with Gasteiger partial charge in [-0.1, -0.05) is 12.1 Å². The predicted octanol–water partition coefficient (Wildman–Crippen LogP) is 1.08. The monoisotopic (exact) mass is 338 g/mol. The highest BCUT2D eigenvalue weighted by Crippen LogP contribution is 2.12. The first kappa shape index (κ1) is 15.8. The third-order valence-corrected chi connectivity index (χ3v) is 4.79. The zero-order valence-corrected chi connectivity index (χ0v) is 14.2. The smallest absolute Gasteiger partial charge is 0.242 e. The highest BCUT2D eigenvalue weighted by molar-refractivity contribution is 5.80. The third kappa shape index (κ3) is 3.56. The van der Waals surface area contributed by atoms with Crippen LogP contribution in [0.2, 0.25) is 0 Å². The molecule has 0 saturated carbocycles. The fourth-order valence-electron chi connectivity index (χ4n) is 3.28. The van der Waals surface area contributed by atoms with Crippen molar-refractivity contribution >= 4 is 16.9 Å². The van der Waals surface area contributed by atoms with Gasteiger partial charge in [0.2, 0.25) is 5.91 Å². The Bertz CT molecular complexity index is 832. The molecule has 1 amide bonds. The first-order chi connectivity index (χ1) is 12.3. The van der Waals surface area contributed by atoms with Gasteiger partial charge in [-0.15, -0.1) is 0 Å². The summed E-state index contributed by atoms with van der Waals surface area (Å²) in [5, 5.41) is 0. The van der Waals surface area contributed by atoms with E-state index in [-0.39, 0.29) is 5.91 Å². The van der Waals surface area contributed by atoms with E-state index in [0.717, 1.165) is 50.3 Å². The Morgan fingerprint density at radius 1 is 1.04 bits per heavy atom. The minimum atomic E-state index is 0.164. The van der Waals surface area contributed by atoms with Crippen LogP contribution in [0, 0.1) is 0 Å². The van der Waals surface area contributed by atoms with Gasteiger partial charge < -0.3 is 14.0 Å². The van der Waals surface area contributed by atoms with Gasteiger partial charge in [0.25, 0.3) is 0 Å². The van der Waals surface area contributed by atoms with E-state index in [1.807, 2.05) is 46.3 Å². The molecule has 3 aromatic rings. The molecule has 1 aliphatic heterocycles. The molecule has 7 nitrogen and oxygen atoms in total. The number of para-hydroxylation sites is 2. The molecule has 25 heavy (non-hydrogen) atoms. The van der Waals surface area contributed by atoms with Crippen molar-refractivity contribution in [2.45, 2.75) is 13.1 Å². The summed E-state index contributed by atoms with van der Waals surface area (Å²) in [6, 6.07) is 7.91. The highest BCUT2D eigenvalue weighted by Gasteiger charge is 2.21. The van der Waals surface area contributed by atoms with Gasteiger partial charge in [-0.05, 0) is 12.1 Å². The van der Waals surface area contributed by atoms with E-state index < -0.39 is 0 Å². The molecule has 0 unspecified atom stereocenters. The normalized spacial score (nSPS) is 15.8. The fraction of sp³-hybridized carbons (Fsp3) is 0.389. The van der Waals surface area contributed by atoms with Crippen molar-refractivity contribution in [2.75, 3.05) is 32.7 Å². The lowest BCUT2D eigenvalue weighted by Crippen LogP contribution is -2.50. The number of imidazole rings is 2. The van der Waals surface area contributed by atoms with E-state index in [4.69, 9.17) is 0 Å². The predicted molar refractivity (Wildman–Crippen MR) is 95.0 cm³/mol. The van der Waals surface area contributed by atoms with Crippen molar-refractivity contribution in [3.05, 3.63) is 49.3 Å². The van der Waals surface area contributed by atoms with Crippen molar-refractivity contribution in [3.63, 3.8) is 0 Å². The SMILES string of the molecule is O=C(Cn1cnc2ccccc21)N1CCN(CCn2ccnc2)CC1. The number of carbonyl (C=O) groups excluding carboxylic acids is 1. The topological polar surface area (TPSA) is 59.2 Å². The van der Waals surface area contributed by atoms with Crippen molar-refractivity contribution in [1.82, 2.24) is 28.9 Å². The molecule has 0 radical (unpaired) electrons. The maximum atomic E-state index is 12.6. The van der Waals surface area contributed by atoms with Crippen molar-refractivity contribution in [3.8, 4) is 0 Å². The quantitative estimate of drug-likeness (QED) is 0.698. The summed E-state index contributed by atoms with van der Waals surface area (Å²) in [4.78, 5) is 25.4. The molecule has 2 aromatic heterocycles. The molecule has 1 aromatic carbocycles. The maximum absolute atomic E-state index is 12.6. The lowest BCUT2D eigenvalue weighted by atomic mass is 10.3. The Balaban J connectivity index is 1.29. The average molecular weight is 338 g/mol. The molecule has 0 atom stereocenters. The van der Waals surface area contributed by atoms with Gasteiger partial charge >= 0.3 is 0 Å². The van der Waals surface area contributed by atoms with E-state index in [0.29, 0.717) is 6.54 Å². The van der Waals surface area contributed by atoms with E-state index in [2.05, 4.69) is 19.4 Å². The van der Waals surface area contributed by atoms with Crippen LogP contribution in [0.4, 0.5) is 0 Å². The van der Waals surface area contributed by atoms with Crippen LogP contribution >= 0.6 is 0 Å². The summed E-state index contributed by atoms with van der Waals surface area (Å²) in [6.45, 7) is 5.70. The Labute approximate surface area is 146 Å². The maximum Gasteiger partial charge on any atom is 0.242 e. The molecule has 1 fully saturated rings. The van der Waals surface area contributed by atoms with Crippen LogP contribution in [0.25, 0.3) is 11.0 Å². The molecule has 130 valence electrons. The second-order valence-electron chi connectivity index (χ2n) is 6.38. The van der Waals surface area contributed by atoms with Gasteiger partial charge in [0.05, 0.1) is 23.7 Å². The van der Waals surface area contributed by atoms with E-state index in [1.165, 1.54) is 0 Å². The number of nitrogens with zero attached hydrogens (tertiary/aromatic N) is 6. The van der Waals surface area contributed by atoms with Gasteiger partial charge in [0, 0.05) is 51.7 Å². The molecule has 1 saturated heterocycles. The number of rotatable bonds is 5. The number of hydrogen-bond acceptors (Lipinski definition) is 4. The summed E-state index contributed by atoms with van der Waals surface area (Å²) < 4.78 is 4.02. The molecule has 0 spiro atoms. The number of amides is 1. The second-order valence-corrected chi connectivity index (χ2v) is 6.38. The van der Waals surface area contributed by atoms with Gasteiger partial charge in [0.15, 0.2) is 0 Å². The number of benzene rings is 1. The van der Waals surface area contributed by atoms with E-state index in [9.17, 15) is 4.79 Å².